The van der Waals surface area contributed by atoms with Crippen LogP contribution in [0.15, 0.2) is 91.0 Å². The first-order valence-corrected chi connectivity index (χ1v) is 9.85. The fourth-order valence-corrected chi connectivity index (χ4v) is 3.97. The number of hydrogen-bond acceptors (Lipinski definition) is 2. The highest BCUT2D eigenvalue weighted by Gasteiger charge is 2.38. The lowest BCUT2D eigenvalue weighted by atomic mass is 9.73. The highest BCUT2D eigenvalue weighted by atomic mass is 16.2. The van der Waals surface area contributed by atoms with Gasteiger partial charge in [0.25, 0.3) is 0 Å². The molecule has 144 valence electrons. The zero-order chi connectivity index (χ0) is 20.2. The van der Waals surface area contributed by atoms with Crippen LogP contribution < -0.4 is 5.32 Å². The van der Waals surface area contributed by atoms with Crippen molar-refractivity contribution in [2.45, 2.75) is 19.3 Å². The first kappa shape index (κ1) is 18.9. The SMILES string of the molecule is Cc1ccccc1NC(=O)C1C(=O)C=C(c2ccccc2)CC1c1ccccc1. The van der Waals surface area contributed by atoms with E-state index in [1.165, 1.54) is 0 Å². The van der Waals surface area contributed by atoms with E-state index < -0.39 is 5.92 Å². The van der Waals surface area contributed by atoms with Crippen LogP contribution in [0.3, 0.4) is 0 Å². The summed E-state index contributed by atoms with van der Waals surface area (Å²) in [4.78, 5) is 26.3. The average Bonchev–Trinajstić information content (AvgIpc) is 2.76. The summed E-state index contributed by atoms with van der Waals surface area (Å²) in [6, 6.07) is 27.4. The van der Waals surface area contributed by atoms with Gasteiger partial charge in [0.1, 0.15) is 5.92 Å². The monoisotopic (exact) mass is 381 g/mol. The molecule has 0 saturated carbocycles. The van der Waals surface area contributed by atoms with E-state index in [0.717, 1.165) is 28.0 Å². The number of carbonyl (C=O) groups excluding carboxylic acids is 2. The van der Waals surface area contributed by atoms with Crippen LogP contribution in [-0.2, 0) is 9.59 Å². The minimum absolute atomic E-state index is 0.143. The highest BCUT2D eigenvalue weighted by Crippen LogP contribution is 2.40. The molecule has 1 N–H and O–H groups in total. The molecule has 1 aliphatic carbocycles. The van der Waals surface area contributed by atoms with Gasteiger partial charge in [-0.15, -0.1) is 0 Å². The summed E-state index contributed by atoms with van der Waals surface area (Å²) in [7, 11) is 0. The van der Waals surface area contributed by atoms with E-state index in [1.807, 2.05) is 91.9 Å². The van der Waals surface area contributed by atoms with Crippen molar-refractivity contribution >= 4 is 23.0 Å². The third kappa shape index (κ3) is 4.04. The lowest BCUT2D eigenvalue weighted by Crippen LogP contribution is -2.36. The fourth-order valence-electron chi connectivity index (χ4n) is 3.97. The van der Waals surface area contributed by atoms with Crippen molar-refractivity contribution in [2.24, 2.45) is 5.92 Å². The van der Waals surface area contributed by atoms with Gasteiger partial charge in [-0.25, -0.2) is 0 Å². The van der Waals surface area contributed by atoms with Crippen LogP contribution in [-0.4, -0.2) is 11.7 Å². The van der Waals surface area contributed by atoms with Gasteiger partial charge in [0.2, 0.25) is 5.91 Å². The number of allylic oxidation sites excluding steroid dienone is 2. The predicted octanol–water partition coefficient (Wildman–Crippen LogP) is 5.39. The lowest BCUT2D eigenvalue weighted by molar-refractivity contribution is -0.129. The molecule has 1 aliphatic rings. The third-order valence-electron chi connectivity index (χ3n) is 5.52. The topological polar surface area (TPSA) is 46.2 Å². The second kappa shape index (κ2) is 8.27. The first-order valence-electron chi connectivity index (χ1n) is 9.85. The van der Waals surface area contributed by atoms with Gasteiger partial charge in [-0.05, 0) is 47.8 Å². The second-order valence-electron chi connectivity index (χ2n) is 7.44. The van der Waals surface area contributed by atoms with Gasteiger partial charge >= 0.3 is 0 Å². The molecule has 3 heteroatoms. The predicted molar refractivity (Wildman–Crippen MR) is 117 cm³/mol. The van der Waals surface area contributed by atoms with Crippen molar-refractivity contribution in [2.75, 3.05) is 5.32 Å². The number of anilines is 1. The van der Waals surface area contributed by atoms with E-state index in [2.05, 4.69) is 5.32 Å². The Morgan fingerprint density at radius 1 is 0.862 bits per heavy atom. The second-order valence-corrected chi connectivity index (χ2v) is 7.44. The summed E-state index contributed by atoms with van der Waals surface area (Å²) >= 11 is 0. The molecule has 0 aromatic heterocycles. The van der Waals surface area contributed by atoms with Gasteiger partial charge in [0.15, 0.2) is 5.78 Å². The Balaban J connectivity index is 1.70. The third-order valence-corrected chi connectivity index (χ3v) is 5.52. The van der Waals surface area contributed by atoms with Crippen LogP contribution in [0.5, 0.6) is 0 Å². The van der Waals surface area contributed by atoms with Crippen molar-refractivity contribution in [1.29, 1.82) is 0 Å². The van der Waals surface area contributed by atoms with Crippen LogP contribution in [0.4, 0.5) is 5.69 Å². The summed E-state index contributed by atoms with van der Waals surface area (Å²) in [5, 5.41) is 2.98. The molecule has 0 bridgehead atoms. The molecule has 3 aromatic rings. The summed E-state index contributed by atoms with van der Waals surface area (Å²) < 4.78 is 0. The molecule has 0 saturated heterocycles. The number of nitrogens with one attached hydrogen (secondary N) is 1. The van der Waals surface area contributed by atoms with E-state index in [-0.39, 0.29) is 17.6 Å². The van der Waals surface area contributed by atoms with Gasteiger partial charge in [0.05, 0.1) is 0 Å². The van der Waals surface area contributed by atoms with Crippen LogP contribution in [0.1, 0.15) is 29.0 Å². The van der Waals surface area contributed by atoms with Crippen molar-refractivity contribution < 1.29 is 9.59 Å². The van der Waals surface area contributed by atoms with Crippen LogP contribution in [0.25, 0.3) is 5.57 Å². The van der Waals surface area contributed by atoms with Crippen molar-refractivity contribution in [3.05, 3.63) is 108 Å². The Bertz CT molecular complexity index is 1050. The molecule has 0 spiro atoms. The smallest absolute Gasteiger partial charge is 0.235 e. The fraction of sp³-hybridized carbons (Fsp3) is 0.154. The minimum atomic E-state index is -0.746. The molecule has 1 amide bonds. The molecular weight excluding hydrogens is 358 g/mol. The number of benzene rings is 3. The standard InChI is InChI=1S/C26H23NO2/c1-18-10-8-9-15-23(18)27-26(29)25-22(20-13-6-3-7-14-20)16-21(17-24(25)28)19-11-4-2-5-12-19/h2-15,17,22,25H,16H2,1H3,(H,27,29). The number of aryl methyl sites for hydroxylation is 1. The Hall–Kier alpha value is -3.46. The highest BCUT2D eigenvalue weighted by molar-refractivity contribution is 6.15. The molecule has 0 aliphatic heterocycles. The summed E-state index contributed by atoms with van der Waals surface area (Å²) in [6.07, 6.45) is 2.29. The molecule has 0 heterocycles. The Kier molecular flexibility index (Phi) is 5.39. The molecule has 4 rings (SSSR count). The molecule has 3 aromatic carbocycles. The molecule has 2 atom stereocenters. The summed E-state index contributed by atoms with van der Waals surface area (Å²) in [6.45, 7) is 1.94. The minimum Gasteiger partial charge on any atom is -0.325 e. The lowest BCUT2D eigenvalue weighted by Gasteiger charge is -2.30. The Morgan fingerprint density at radius 2 is 1.48 bits per heavy atom. The molecular formula is C26H23NO2. The molecule has 0 fully saturated rings. The van der Waals surface area contributed by atoms with E-state index in [0.29, 0.717) is 6.42 Å². The van der Waals surface area contributed by atoms with Crippen molar-refractivity contribution in [3.63, 3.8) is 0 Å². The quantitative estimate of drug-likeness (QED) is 0.616. The number of amides is 1. The van der Waals surface area contributed by atoms with Gasteiger partial charge in [-0.3, -0.25) is 9.59 Å². The number of ketones is 1. The number of hydrogen-bond donors (Lipinski definition) is 1. The maximum absolute atomic E-state index is 13.2. The van der Waals surface area contributed by atoms with Crippen LogP contribution >= 0.6 is 0 Å². The maximum atomic E-state index is 13.2. The summed E-state index contributed by atoms with van der Waals surface area (Å²) in [5.41, 5.74) is 4.73. The average molecular weight is 381 g/mol. The first-order chi connectivity index (χ1) is 14.1. The normalized spacial score (nSPS) is 18.8. The molecule has 29 heavy (non-hydrogen) atoms. The molecule has 0 radical (unpaired) electrons. The van der Waals surface area contributed by atoms with Crippen LogP contribution in [0.2, 0.25) is 0 Å². The van der Waals surface area contributed by atoms with E-state index in [1.54, 1.807) is 6.08 Å². The maximum Gasteiger partial charge on any atom is 0.235 e. The van der Waals surface area contributed by atoms with E-state index >= 15 is 0 Å². The van der Waals surface area contributed by atoms with Gasteiger partial charge in [0, 0.05) is 11.6 Å². The van der Waals surface area contributed by atoms with Crippen molar-refractivity contribution in [3.8, 4) is 0 Å². The largest absolute Gasteiger partial charge is 0.325 e. The zero-order valence-corrected chi connectivity index (χ0v) is 16.3. The molecule has 2 unspecified atom stereocenters. The Labute approximate surface area is 171 Å². The molecule has 3 nitrogen and oxygen atoms in total. The van der Waals surface area contributed by atoms with Gasteiger partial charge in [-0.1, -0.05) is 78.9 Å². The Morgan fingerprint density at radius 3 is 2.17 bits per heavy atom. The van der Waals surface area contributed by atoms with E-state index in [4.69, 9.17) is 0 Å². The van der Waals surface area contributed by atoms with Crippen molar-refractivity contribution in [1.82, 2.24) is 0 Å². The number of para-hydroxylation sites is 1. The van der Waals surface area contributed by atoms with Gasteiger partial charge in [-0.2, -0.15) is 0 Å². The zero-order valence-electron chi connectivity index (χ0n) is 16.3. The number of rotatable bonds is 4. The van der Waals surface area contributed by atoms with Crippen LogP contribution in [0, 0.1) is 12.8 Å². The van der Waals surface area contributed by atoms with E-state index in [9.17, 15) is 9.59 Å². The summed E-state index contributed by atoms with van der Waals surface area (Å²) in [5.74, 6) is -1.34. The number of carbonyl (C=O) groups is 2. The van der Waals surface area contributed by atoms with Gasteiger partial charge < -0.3 is 5.32 Å².